The summed E-state index contributed by atoms with van der Waals surface area (Å²) in [7, 11) is 0. The minimum Gasteiger partial charge on any atom is -0.354 e. The summed E-state index contributed by atoms with van der Waals surface area (Å²) in [6, 6.07) is 6.13. The smallest absolute Gasteiger partial charge is 0.224 e. The molecule has 0 radical (unpaired) electrons. The van der Waals surface area contributed by atoms with Crippen LogP contribution >= 0.6 is 11.6 Å². The van der Waals surface area contributed by atoms with Crippen molar-refractivity contribution >= 4 is 17.5 Å². The van der Waals surface area contributed by atoms with Crippen molar-refractivity contribution in [3.05, 3.63) is 34.9 Å². The molecule has 1 N–H and O–H groups in total. The van der Waals surface area contributed by atoms with Crippen molar-refractivity contribution in [2.45, 2.75) is 45.4 Å². The average molecular weight is 268 g/mol. The first-order valence-corrected chi connectivity index (χ1v) is 6.93. The Balaban J connectivity index is 2.42. The Labute approximate surface area is 115 Å². The van der Waals surface area contributed by atoms with Crippen LogP contribution in [0.2, 0.25) is 0 Å². The van der Waals surface area contributed by atoms with Crippen LogP contribution in [0.15, 0.2) is 18.2 Å². The SMILES string of the molecule is CCCC(Cl)CNC(=O)Cc1ccc(C)c(C)c1. The molecule has 0 aliphatic rings. The number of carbonyl (C=O) groups excluding carboxylic acids is 1. The monoisotopic (exact) mass is 267 g/mol. The van der Waals surface area contributed by atoms with Crippen molar-refractivity contribution in [1.29, 1.82) is 0 Å². The number of amides is 1. The zero-order valence-electron chi connectivity index (χ0n) is 11.4. The molecule has 2 nitrogen and oxygen atoms in total. The van der Waals surface area contributed by atoms with E-state index in [2.05, 4.69) is 38.2 Å². The molecule has 3 heteroatoms. The van der Waals surface area contributed by atoms with Gasteiger partial charge in [0.05, 0.1) is 11.8 Å². The summed E-state index contributed by atoms with van der Waals surface area (Å²) in [6.45, 7) is 6.78. The zero-order valence-corrected chi connectivity index (χ0v) is 12.2. The van der Waals surface area contributed by atoms with E-state index in [1.165, 1.54) is 11.1 Å². The Morgan fingerprint density at radius 3 is 2.67 bits per heavy atom. The van der Waals surface area contributed by atoms with Gasteiger partial charge in [0.25, 0.3) is 0 Å². The lowest BCUT2D eigenvalue weighted by molar-refractivity contribution is -0.120. The third-order valence-electron chi connectivity index (χ3n) is 3.06. The zero-order chi connectivity index (χ0) is 13.5. The molecule has 1 rings (SSSR count). The first-order chi connectivity index (χ1) is 8.52. The lowest BCUT2D eigenvalue weighted by atomic mass is 10.0. The minimum atomic E-state index is 0.0405. The number of aryl methyl sites for hydroxylation is 2. The van der Waals surface area contributed by atoms with Gasteiger partial charge >= 0.3 is 0 Å². The largest absolute Gasteiger partial charge is 0.354 e. The maximum atomic E-state index is 11.7. The van der Waals surface area contributed by atoms with Gasteiger partial charge in [-0.05, 0) is 37.0 Å². The van der Waals surface area contributed by atoms with E-state index < -0.39 is 0 Å². The highest BCUT2D eigenvalue weighted by molar-refractivity contribution is 6.20. The maximum absolute atomic E-state index is 11.7. The van der Waals surface area contributed by atoms with Crippen molar-refractivity contribution in [3.63, 3.8) is 0 Å². The van der Waals surface area contributed by atoms with Crippen molar-refractivity contribution in [2.75, 3.05) is 6.54 Å². The molecular weight excluding hydrogens is 246 g/mol. The molecule has 0 spiro atoms. The van der Waals surface area contributed by atoms with E-state index in [0.29, 0.717) is 13.0 Å². The summed E-state index contributed by atoms with van der Waals surface area (Å²) >= 11 is 6.06. The molecule has 1 atom stereocenters. The van der Waals surface area contributed by atoms with E-state index in [9.17, 15) is 4.79 Å². The highest BCUT2D eigenvalue weighted by Crippen LogP contribution is 2.10. The van der Waals surface area contributed by atoms with Crippen LogP contribution in [0.5, 0.6) is 0 Å². The number of alkyl halides is 1. The Morgan fingerprint density at radius 1 is 1.33 bits per heavy atom. The van der Waals surface area contributed by atoms with Gasteiger partial charge in [-0.25, -0.2) is 0 Å². The van der Waals surface area contributed by atoms with Gasteiger partial charge in [0, 0.05) is 6.54 Å². The van der Waals surface area contributed by atoms with Gasteiger partial charge in [-0.1, -0.05) is 31.5 Å². The fourth-order valence-electron chi connectivity index (χ4n) is 1.80. The second kappa shape index (κ2) is 7.42. The van der Waals surface area contributed by atoms with Crippen LogP contribution in [0.4, 0.5) is 0 Å². The molecule has 1 aromatic rings. The quantitative estimate of drug-likeness (QED) is 0.787. The third-order valence-corrected chi connectivity index (χ3v) is 3.43. The van der Waals surface area contributed by atoms with Crippen LogP contribution in [0, 0.1) is 13.8 Å². The number of hydrogen-bond acceptors (Lipinski definition) is 1. The van der Waals surface area contributed by atoms with Crippen molar-refractivity contribution in [1.82, 2.24) is 5.32 Å². The van der Waals surface area contributed by atoms with Crippen LogP contribution in [-0.4, -0.2) is 17.8 Å². The fraction of sp³-hybridized carbons (Fsp3) is 0.533. The molecule has 0 aliphatic heterocycles. The van der Waals surface area contributed by atoms with Crippen LogP contribution in [0.3, 0.4) is 0 Å². The van der Waals surface area contributed by atoms with Gasteiger partial charge in [0.2, 0.25) is 5.91 Å². The molecular formula is C15H22ClNO. The minimum absolute atomic E-state index is 0.0405. The lowest BCUT2D eigenvalue weighted by Gasteiger charge is -2.10. The number of hydrogen-bond donors (Lipinski definition) is 1. The van der Waals surface area contributed by atoms with Crippen molar-refractivity contribution in [3.8, 4) is 0 Å². The summed E-state index contributed by atoms with van der Waals surface area (Å²) in [6.07, 6.45) is 2.41. The first kappa shape index (κ1) is 15.0. The Kier molecular flexibility index (Phi) is 6.20. The van der Waals surface area contributed by atoms with Gasteiger partial charge < -0.3 is 5.32 Å². The summed E-state index contributed by atoms with van der Waals surface area (Å²) in [5, 5.41) is 2.92. The highest BCUT2D eigenvalue weighted by Gasteiger charge is 2.07. The molecule has 100 valence electrons. The molecule has 0 bridgehead atoms. The van der Waals surface area contributed by atoms with E-state index in [0.717, 1.165) is 18.4 Å². The Hall–Kier alpha value is -1.02. The predicted molar refractivity (Wildman–Crippen MR) is 77.2 cm³/mol. The summed E-state index contributed by atoms with van der Waals surface area (Å²) in [5.74, 6) is 0.0417. The molecule has 1 unspecified atom stereocenters. The van der Waals surface area contributed by atoms with Crippen LogP contribution in [0.25, 0.3) is 0 Å². The normalized spacial score (nSPS) is 12.2. The Bertz CT molecular complexity index is 403. The third kappa shape index (κ3) is 5.09. The summed E-state index contributed by atoms with van der Waals surface area (Å²) < 4.78 is 0. The van der Waals surface area contributed by atoms with Crippen LogP contribution < -0.4 is 5.32 Å². The first-order valence-electron chi connectivity index (χ1n) is 6.49. The van der Waals surface area contributed by atoms with Gasteiger partial charge in [-0.3, -0.25) is 4.79 Å². The number of carbonyl (C=O) groups is 1. The lowest BCUT2D eigenvalue weighted by Crippen LogP contribution is -2.30. The number of nitrogens with one attached hydrogen (secondary N) is 1. The average Bonchev–Trinajstić information content (AvgIpc) is 2.32. The molecule has 18 heavy (non-hydrogen) atoms. The van der Waals surface area contributed by atoms with E-state index in [-0.39, 0.29) is 11.3 Å². The standard InChI is InChI=1S/C15H22ClNO/c1-4-5-14(16)10-17-15(18)9-13-7-6-11(2)12(3)8-13/h6-8,14H,4-5,9-10H2,1-3H3,(H,17,18). The van der Waals surface area contributed by atoms with Gasteiger partial charge in [0.15, 0.2) is 0 Å². The predicted octanol–water partition coefficient (Wildman–Crippen LogP) is 3.37. The van der Waals surface area contributed by atoms with Gasteiger partial charge in [-0.15, -0.1) is 11.6 Å². The van der Waals surface area contributed by atoms with Gasteiger partial charge in [0.1, 0.15) is 0 Å². The number of halogens is 1. The number of benzene rings is 1. The molecule has 0 saturated carbocycles. The van der Waals surface area contributed by atoms with Crippen molar-refractivity contribution in [2.24, 2.45) is 0 Å². The second-order valence-electron chi connectivity index (χ2n) is 4.79. The maximum Gasteiger partial charge on any atom is 0.224 e. The molecule has 1 amide bonds. The summed E-state index contributed by atoms with van der Waals surface area (Å²) in [5.41, 5.74) is 3.53. The van der Waals surface area contributed by atoms with Gasteiger partial charge in [-0.2, -0.15) is 0 Å². The Morgan fingerprint density at radius 2 is 2.06 bits per heavy atom. The molecule has 0 heterocycles. The highest BCUT2D eigenvalue weighted by atomic mass is 35.5. The van der Waals surface area contributed by atoms with E-state index >= 15 is 0 Å². The molecule has 0 aliphatic carbocycles. The number of rotatable bonds is 6. The summed E-state index contributed by atoms with van der Waals surface area (Å²) in [4.78, 5) is 11.7. The van der Waals surface area contributed by atoms with E-state index in [1.54, 1.807) is 0 Å². The molecule has 0 saturated heterocycles. The van der Waals surface area contributed by atoms with E-state index in [1.807, 2.05) is 6.07 Å². The molecule has 0 aromatic heterocycles. The van der Waals surface area contributed by atoms with Crippen LogP contribution in [-0.2, 0) is 11.2 Å². The van der Waals surface area contributed by atoms with E-state index in [4.69, 9.17) is 11.6 Å². The van der Waals surface area contributed by atoms with Crippen LogP contribution in [0.1, 0.15) is 36.5 Å². The molecule has 1 aromatic carbocycles. The van der Waals surface area contributed by atoms with Crippen molar-refractivity contribution < 1.29 is 4.79 Å². The molecule has 0 fully saturated rings. The second-order valence-corrected chi connectivity index (χ2v) is 5.40. The topological polar surface area (TPSA) is 29.1 Å². The fourth-order valence-corrected chi connectivity index (χ4v) is 2.10.